The summed E-state index contributed by atoms with van der Waals surface area (Å²) in [6.45, 7) is 5.33. The van der Waals surface area contributed by atoms with Crippen molar-refractivity contribution >= 4 is 13.8 Å². The van der Waals surface area contributed by atoms with Crippen molar-refractivity contribution in [3.63, 3.8) is 0 Å². The van der Waals surface area contributed by atoms with Gasteiger partial charge in [-0.1, -0.05) is 147 Å². The van der Waals surface area contributed by atoms with E-state index < -0.39 is 13.9 Å². The van der Waals surface area contributed by atoms with Gasteiger partial charge >= 0.3 is 5.97 Å². The van der Waals surface area contributed by atoms with Crippen LogP contribution in [0, 0.1) is 0 Å². The number of hydrogen-bond acceptors (Lipinski definition) is 7. The van der Waals surface area contributed by atoms with Gasteiger partial charge in [0.25, 0.3) is 7.82 Å². The highest BCUT2D eigenvalue weighted by Gasteiger charge is 2.20. The third-order valence-corrected chi connectivity index (χ3v) is 9.66. The van der Waals surface area contributed by atoms with Crippen LogP contribution in [0.4, 0.5) is 0 Å². The van der Waals surface area contributed by atoms with Gasteiger partial charge in [0.05, 0.1) is 34.4 Å². The van der Waals surface area contributed by atoms with E-state index in [1.807, 2.05) is 21.1 Å². The van der Waals surface area contributed by atoms with Crippen molar-refractivity contribution in [1.82, 2.24) is 0 Å². The highest BCUT2D eigenvalue weighted by Crippen LogP contribution is 2.38. The predicted octanol–water partition coefficient (Wildman–Crippen LogP) is 11.2. The highest BCUT2D eigenvalue weighted by atomic mass is 31.2. The van der Waals surface area contributed by atoms with Gasteiger partial charge in [-0.2, -0.15) is 0 Å². The van der Waals surface area contributed by atoms with Crippen LogP contribution in [-0.4, -0.2) is 70.7 Å². The van der Waals surface area contributed by atoms with Crippen LogP contribution >= 0.6 is 7.82 Å². The summed E-state index contributed by atoms with van der Waals surface area (Å²) < 4.78 is 34.4. The lowest BCUT2D eigenvalue weighted by Gasteiger charge is -2.28. The molecule has 0 rings (SSSR count). The van der Waals surface area contributed by atoms with Crippen molar-refractivity contribution < 1.29 is 37.3 Å². The van der Waals surface area contributed by atoms with Crippen LogP contribution in [0.15, 0.2) is 36.5 Å². The van der Waals surface area contributed by atoms with Crippen LogP contribution in [0.3, 0.4) is 0 Å². The Kier molecular flexibility index (Phi) is 34.8. The van der Waals surface area contributed by atoms with Gasteiger partial charge in [-0.3, -0.25) is 9.36 Å². The third kappa shape index (κ3) is 39.8. The Morgan fingerprint density at radius 2 is 1.08 bits per heavy atom. The first-order valence-corrected chi connectivity index (χ1v) is 22.2. The summed E-state index contributed by atoms with van der Waals surface area (Å²) in [7, 11) is 1.35. The molecule has 0 saturated carbocycles. The van der Waals surface area contributed by atoms with Crippen molar-refractivity contribution in [3.05, 3.63) is 36.5 Å². The van der Waals surface area contributed by atoms with Crippen molar-refractivity contribution in [1.29, 1.82) is 0 Å². The number of carbonyl (C=O) groups is 1. The van der Waals surface area contributed by atoms with E-state index in [1.54, 1.807) is 0 Å². The number of carbonyl (C=O) groups excluding carboxylic acids is 1. The zero-order chi connectivity index (χ0) is 37.7. The first-order chi connectivity index (χ1) is 24.6. The molecule has 0 heterocycles. The van der Waals surface area contributed by atoms with Crippen LogP contribution in [-0.2, 0) is 27.9 Å². The molecule has 0 aromatic heterocycles. The standard InChI is InChI=1S/C42H80NO7P/c1-6-8-10-12-14-15-16-17-18-19-20-21-22-23-24-25-26-27-28-30-32-34-37-47-39-41(40-49-51(45,46)48-38-36-43(3,4)5)50-42(44)35-33-31-29-13-11-9-7-2/h16-17,19-20,22-23,41H,6-15,18,21,24-40H2,1-5H3/b17-16-,20-19-,23-22-. The molecule has 0 N–H and O–H groups in total. The molecule has 2 unspecified atom stereocenters. The van der Waals surface area contributed by atoms with Crippen molar-refractivity contribution in [2.45, 2.75) is 174 Å². The second kappa shape index (κ2) is 35.7. The van der Waals surface area contributed by atoms with E-state index in [0.717, 1.165) is 51.4 Å². The van der Waals surface area contributed by atoms with Crippen molar-refractivity contribution in [3.8, 4) is 0 Å². The van der Waals surface area contributed by atoms with Gasteiger partial charge < -0.3 is 27.9 Å². The van der Waals surface area contributed by atoms with Gasteiger partial charge in [-0.15, -0.1) is 0 Å². The number of quaternary nitrogens is 1. The largest absolute Gasteiger partial charge is 0.756 e. The Morgan fingerprint density at radius 1 is 0.608 bits per heavy atom. The van der Waals surface area contributed by atoms with E-state index in [1.165, 1.54) is 96.3 Å². The molecule has 0 aromatic rings. The molecule has 51 heavy (non-hydrogen) atoms. The average molecular weight is 742 g/mol. The molecule has 8 nitrogen and oxygen atoms in total. The number of nitrogens with zero attached hydrogens (tertiary/aromatic N) is 1. The number of esters is 1. The van der Waals surface area contributed by atoms with E-state index >= 15 is 0 Å². The molecular weight excluding hydrogens is 661 g/mol. The molecule has 0 aliphatic rings. The molecule has 0 amide bonds. The molecule has 300 valence electrons. The van der Waals surface area contributed by atoms with Crippen LogP contribution in [0.1, 0.15) is 168 Å². The van der Waals surface area contributed by atoms with Crippen LogP contribution < -0.4 is 4.89 Å². The van der Waals surface area contributed by atoms with Crippen LogP contribution in [0.2, 0.25) is 0 Å². The molecule has 9 heteroatoms. The molecule has 0 spiro atoms. The molecule has 0 radical (unpaired) electrons. The minimum atomic E-state index is -4.51. The monoisotopic (exact) mass is 742 g/mol. The quantitative estimate of drug-likeness (QED) is 0.0204. The Labute approximate surface area is 315 Å². The zero-order valence-corrected chi connectivity index (χ0v) is 34.7. The topological polar surface area (TPSA) is 94.1 Å². The molecule has 0 aliphatic carbocycles. The second-order valence-corrected chi connectivity index (χ2v) is 16.4. The maximum atomic E-state index is 12.5. The molecule has 0 fully saturated rings. The highest BCUT2D eigenvalue weighted by molar-refractivity contribution is 7.45. The first-order valence-electron chi connectivity index (χ1n) is 20.7. The number of ether oxygens (including phenoxy) is 2. The minimum absolute atomic E-state index is 0.0240. The summed E-state index contributed by atoms with van der Waals surface area (Å²) in [4.78, 5) is 24.8. The summed E-state index contributed by atoms with van der Waals surface area (Å²) in [6, 6.07) is 0. The van der Waals surface area contributed by atoms with E-state index in [9.17, 15) is 14.3 Å². The summed E-state index contributed by atoms with van der Waals surface area (Å²) in [5.74, 6) is -0.346. The summed E-state index contributed by atoms with van der Waals surface area (Å²) in [6.07, 6.45) is 40.3. The van der Waals surface area contributed by atoms with E-state index in [4.69, 9.17) is 18.5 Å². The Bertz CT molecular complexity index is 915. The van der Waals surface area contributed by atoms with E-state index in [-0.39, 0.29) is 25.8 Å². The zero-order valence-electron chi connectivity index (χ0n) is 33.8. The number of unbranched alkanes of at least 4 members (excludes halogenated alkanes) is 18. The van der Waals surface area contributed by atoms with Crippen molar-refractivity contribution in [2.75, 3.05) is 54.1 Å². The number of allylic oxidation sites excluding steroid dienone is 6. The maximum Gasteiger partial charge on any atom is 0.306 e. The van der Waals surface area contributed by atoms with Crippen LogP contribution in [0.5, 0.6) is 0 Å². The van der Waals surface area contributed by atoms with E-state index in [2.05, 4.69) is 50.3 Å². The number of hydrogen-bond donors (Lipinski definition) is 0. The molecule has 0 bridgehead atoms. The van der Waals surface area contributed by atoms with Gasteiger partial charge in [-0.05, 0) is 51.4 Å². The number of phosphoric acid groups is 1. The lowest BCUT2D eigenvalue weighted by Crippen LogP contribution is -2.37. The number of phosphoric ester groups is 1. The van der Waals surface area contributed by atoms with E-state index in [0.29, 0.717) is 24.1 Å². The molecule has 0 aromatic carbocycles. The fraction of sp³-hybridized carbons (Fsp3) is 0.833. The minimum Gasteiger partial charge on any atom is -0.756 e. The third-order valence-electron chi connectivity index (χ3n) is 8.69. The lowest BCUT2D eigenvalue weighted by molar-refractivity contribution is -0.870. The lowest BCUT2D eigenvalue weighted by atomic mass is 10.1. The fourth-order valence-electron chi connectivity index (χ4n) is 5.43. The summed E-state index contributed by atoms with van der Waals surface area (Å²) in [5.41, 5.74) is 0. The second-order valence-electron chi connectivity index (χ2n) is 15.0. The summed E-state index contributed by atoms with van der Waals surface area (Å²) >= 11 is 0. The molecular formula is C42H80NO7P. The molecule has 2 atom stereocenters. The molecule has 0 saturated heterocycles. The Hall–Kier alpha value is -1.28. The first kappa shape index (κ1) is 49.7. The SMILES string of the molecule is CCCCCCC/C=C\C/C=C\C/C=C\CCCCCCCCCOCC(COP(=O)([O-])OCC[N+](C)(C)C)OC(=O)CCCCCCCCC. The number of likely N-dealkylation sites (N-methyl/N-ethyl adjacent to an activating group) is 1. The average Bonchev–Trinajstić information content (AvgIpc) is 3.08. The van der Waals surface area contributed by atoms with Gasteiger partial charge in [0, 0.05) is 13.0 Å². The van der Waals surface area contributed by atoms with Crippen molar-refractivity contribution in [2.24, 2.45) is 0 Å². The summed E-state index contributed by atoms with van der Waals surface area (Å²) in [5, 5.41) is 0. The fourth-order valence-corrected chi connectivity index (χ4v) is 6.16. The normalized spacial score (nSPS) is 14.2. The van der Waals surface area contributed by atoms with Gasteiger partial charge in [0.2, 0.25) is 0 Å². The smallest absolute Gasteiger partial charge is 0.306 e. The molecule has 0 aliphatic heterocycles. The Balaban J connectivity index is 4.11. The number of rotatable bonds is 38. The maximum absolute atomic E-state index is 12.5. The van der Waals surface area contributed by atoms with Gasteiger partial charge in [-0.25, -0.2) is 0 Å². The predicted molar refractivity (Wildman–Crippen MR) is 213 cm³/mol. The Morgan fingerprint density at radius 3 is 1.61 bits per heavy atom. The van der Waals surface area contributed by atoms with Gasteiger partial charge in [0.1, 0.15) is 19.3 Å². The van der Waals surface area contributed by atoms with Gasteiger partial charge in [0.15, 0.2) is 0 Å². The van der Waals surface area contributed by atoms with Crippen LogP contribution in [0.25, 0.3) is 0 Å².